The SMILES string of the molecule is CCN(CCCNCc1cccc(C(=O)O)c1)c1ccccc1. The van der Waals surface area contributed by atoms with Crippen molar-refractivity contribution in [2.45, 2.75) is 19.9 Å². The lowest BCUT2D eigenvalue weighted by atomic mass is 10.1. The van der Waals surface area contributed by atoms with E-state index in [0.717, 1.165) is 31.6 Å². The number of hydrogen-bond donors (Lipinski definition) is 2. The number of carbonyl (C=O) groups is 1. The first-order valence-electron chi connectivity index (χ1n) is 8.03. The number of para-hydroxylation sites is 1. The maximum Gasteiger partial charge on any atom is 0.335 e. The van der Waals surface area contributed by atoms with Crippen molar-refractivity contribution in [2.24, 2.45) is 0 Å². The van der Waals surface area contributed by atoms with Crippen LogP contribution in [-0.4, -0.2) is 30.7 Å². The van der Waals surface area contributed by atoms with Crippen molar-refractivity contribution in [1.29, 1.82) is 0 Å². The molecule has 0 atom stereocenters. The van der Waals surface area contributed by atoms with E-state index >= 15 is 0 Å². The van der Waals surface area contributed by atoms with Gasteiger partial charge < -0.3 is 15.3 Å². The Morgan fingerprint density at radius 1 is 1.13 bits per heavy atom. The highest BCUT2D eigenvalue weighted by Crippen LogP contribution is 2.12. The Morgan fingerprint density at radius 2 is 1.91 bits per heavy atom. The van der Waals surface area contributed by atoms with Gasteiger partial charge in [-0.25, -0.2) is 4.79 Å². The maximum atomic E-state index is 10.9. The highest BCUT2D eigenvalue weighted by Gasteiger charge is 2.04. The highest BCUT2D eigenvalue weighted by atomic mass is 16.4. The Labute approximate surface area is 137 Å². The minimum Gasteiger partial charge on any atom is -0.478 e. The summed E-state index contributed by atoms with van der Waals surface area (Å²) in [5.74, 6) is -0.881. The predicted octanol–water partition coefficient (Wildman–Crippen LogP) is 3.39. The highest BCUT2D eigenvalue weighted by molar-refractivity contribution is 5.87. The third kappa shape index (κ3) is 5.42. The molecule has 0 fully saturated rings. The fraction of sp³-hybridized carbons (Fsp3) is 0.316. The first-order valence-corrected chi connectivity index (χ1v) is 8.03. The van der Waals surface area contributed by atoms with E-state index in [-0.39, 0.29) is 0 Å². The third-order valence-electron chi connectivity index (χ3n) is 3.79. The van der Waals surface area contributed by atoms with E-state index < -0.39 is 5.97 Å². The van der Waals surface area contributed by atoms with E-state index in [2.05, 4.69) is 41.4 Å². The minimum atomic E-state index is -0.881. The van der Waals surface area contributed by atoms with Crippen LogP contribution in [0.4, 0.5) is 5.69 Å². The summed E-state index contributed by atoms with van der Waals surface area (Å²) >= 11 is 0. The monoisotopic (exact) mass is 312 g/mol. The van der Waals surface area contributed by atoms with Crippen LogP contribution in [0.25, 0.3) is 0 Å². The van der Waals surface area contributed by atoms with E-state index in [0.29, 0.717) is 12.1 Å². The molecule has 2 aromatic carbocycles. The standard InChI is InChI=1S/C19H24N2O2/c1-2-21(18-10-4-3-5-11-18)13-7-12-20-15-16-8-6-9-17(14-16)19(22)23/h3-6,8-11,14,20H,2,7,12-13,15H2,1H3,(H,22,23). The lowest BCUT2D eigenvalue weighted by Gasteiger charge is -2.23. The molecule has 23 heavy (non-hydrogen) atoms. The summed E-state index contributed by atoms with van der Waals surface area (Å²) in [5, 5.41) is 12.4. The summed E-state index contributed by atoms with van der Waals surface area (Å²) in [6.45, 7) is 5.75. The van der Waals surface area contributed by atoms with E-state index in [9.17, 15) is 4.79 Å². The van der Waals surface area contributed by atoms with Crippen LogP contribution >= 0.6 is 0 Å². The van der Waals surface area contributed by atoms with Gasteiger partial charge >= 0.3 is 5.97 Å². The van der Waals surface area contributed by atoms with Gasteiger partial charge in [0.15, 0.2) is 0 Å². The van der Waals surface area contributed by atoms with Crippen LogP contribution < -0.4 is 10.2 Å². The summed E-state index contributed by atoms with van der Waals surface area (Å²) in [4.78, 5) is 13.3. The van der Waals surface area contributed by atoms with Gasteiger partial charge in [0.25, 0.3) is 0 Å². The van der Waals surface area contributed by atoms with E-state index in [1.807, 2.05) is 12.1 Å². The molecule has 2 aromatic rings. The molecule has 4 heteroatoms. The molecule has 0 spiro atoms. The second-order valence-corrected chi connectivity index (χ2v) is 5.45. The molecule has 2 N–H and O–H groups in total. The van der Waals surface area contributed by atoms with Crippen LogP contribution in [0.2, 0.25) is 0 Å². The average Bonchev–Trinajstić information content (AvgIpc) is 2.59. The normalized spacial score (nSPS) is 10.5. The number of hydrogen-bond acceptors (Lipinski definition) is 3. The predicted molar refractivity (Wildman–Crippen MR) is 94.1 cm³/mol. The second-order valence-electron chi connectivity index (χ2n) is 5.45. The Balaban J connectivity index is 1.73. The fourth-order valence-corrected chi connectivity index (χ4v) is 2.55. The molecule has 0 radical (unpaired) electrons. The van der Waals surface area contributed by atoms with Crippen molar-refractivity contribution in [1.82, 2.24) is 5.32 Å². The van der Waals surface area contributed by atoms with Crippen LogP contribution in [0, 0.1) is 0 Å². The van der Waals surface area contributed by atoms with Crippen molar-refractivity contribution in [3.05, 3.63) is 65.7 Å². The number of nitrogens with one attached hydrogen (secondary N) is 1. The minimum absolute atomic E-state index is 0.338. The summed E-state index contributed by atoms with van der Waals surface area (Å²) < 4.78 is 0. The van der Waals surface area contributed by atoms with Crippen LogP contribution in [0.15, 0.2) is 54.6 Å². The first-order chi connectivity index (χ1) is 11.2. The fourth-order valence-electron chi connectivity index (χ4n) is 2.55. The second kappa shape index (κ2) is 8.96. The molecule has 0 saturated heterocycles. The molecule has 0 aliphatic rings. The van der Waals surface area contributed by atoms with Crippen LogP contribution in [0.1, 0.15) is 29.3 Å². The molecule has 122 valence electrons. The van der Waals surface area contributed by atoms with Gasteiger partial charge in [0.05, 0.1) is 5.56 Å². The smallest absolute Gasteiger partial charge is 0.335 e. The molecule has 0 heterocycles. The summed E-state index contributed by atoms with van der Waals surface area (Å²) in [7, 11) is 0. The third-order valence-corrected chi connectivity index (χ3v) is 3.79. The van der Waals surface area contributed by atoms with Gasteiger partial charge in [0, 0.05) is 25.3 Å². The van der Waals surface area contributed by atoms with Crippen LogP contribution in [0.3, 0.4) is 0 Å². The topological polar surface area (TPSA) is 52.6 Å². The molecule has 4 nitrogen and oxygen atoms in total. The maximum absolute atomic E-state index is 10.9. The summed E-state index contributed by atoms with van der Waals surface area (Å²) in [6, 6.07) is 17.5. The Kier molecular flexibility index (Phi) is 6.63. The Bertz CT molecular complexity index is 614. The van der Waals surface area contributed by atoms with E-state index in [1.54, 1.807) is 18.2 Å². The van der Waals surface area contributed by atoms with Crippen molar-refractivity contribution in [3.8, 4) is 0 Å². The zero-order chi connectivity index (χ0) is 16.5. The van der Waals surface area contributed by atoms with Crippen molar-refractivity contribution >= 4 is 11.7 Å². The van der Waals surface area contributed by atoms with Gasteiger partial charge in [-0.1, -0.05) is 30.3 Å². The molecule has 0 unspecified atom stereocenters. The number of benzene rings is 2. The Morgan fingerprint density at radius 3 is 2.61 bits per heavy atom. The summed E-state index contributed by atoms with van der Waals surface area (Å²) in [6.07, 6.45) is 1.04. The van der Waals surface area contributed by atoms with E-state index in [1.165, 1.54) is 5.69 Å². The van der Waals surface area contributed by atoms with Crippen LogP contribution in [-0.2, 0) is 6.54 Å². The summed E-state index contributed by atoms with van der Waals surface area (Å²) in [5.41, 5.74) is 2.59. The molecule has 0 aliphatic carbocycles. The molecule has 0 amide bonds. The van der Waals surface area contributed by atoms with Gasteiger partial charge in [0.1, 0.15) is 0 Å². The molecule has 0 saturated carbocycles. The van der Waals surface area contributed by atoms with Gasteiger partial charge in [-0.3, -0.25) is 0 Å². The lowest BCUT2D eigenvalue weighted by Crippen LogP contribution is -2.27. The van der Waals surface area contributed by atoms with Crippen molar-refractivity contribution < 1.29 is 9.90 Å². The largest absolute Gasteiger partial charge is 0.478 e. The van der Waals surface area contributed by atoms with Gasteiger partial charge in [-0.15, -0.1) is 0 Å². The van der Waals surface area contributed by atoms with Gasteiger partial charge in [-0.2, -0.15) is 0 Å². The van der Waals surface area contributed by atoms with Crippen molar-refractivity contribution in [2.75, 3.05) is 24.5 Å². The lowest BCUT2D eigenvalue weighted by molar-refractivity contribution is 0.0696. The van der Waals surface area contributed by atoms with Crippen molar-refractivity contribution in [3.63, 3.8) is 0 Å². The molecule has 0 bridgehead atoms. The Hall–Kier alpha value is -2.33. The zero-order valence-corrected chi connectivity index (χ0v) is 13.5. The molecular formula is C19H24N2O2. The number of carboxylic acids is 1. The zero-order valence-electron chi connectivity index (χ0n) is 13.5. The van der Waals surface area contributed by atoms with E-state index in [4.69, 9.17) is 5.11 Å². The first kappa shape index (κ1) is 17.0. The number of carboxylic acid groups (broad SMARTS) is 1. The average molecular weight is 312 g/mol. The molecule has 2 rings (SSSR count). The molecular weight excluding hydrogens is 288 g/mol. The quantitative estimate of drug-likeness (QED) is 0.697. The number of rotatable bonds is 9. The molecule has 0 aliphatic heterocycles. The number of anilines is 1. The van der Waals surface area contributed by atoms with Gasteiger partial charge in [-0.05, 0) is 49.7 Å². The number of aromatic carboxylic acids is 1. The van der Waals surface area contributed by atoms with Crippen LogP contribution in [0.5, 0.6) is 0 Å². The van der Waals surface area contributed by atoms with Gasteiger partial charge in [0.2, 0.25) is 0 Å². The number of nitrogens with zero attached hydrogens (tertiary/aromatic N) is 1. The molecule has 0 aromatic heterocycles.